The normalized spacial score (nSPS) is 10.4. The van der Waals surface area contributed by atoms with Crippen LogP contribution in [0.5, 0.6) is 0 Å². The van der Waals surface area contributed by atoms with Crippen LogP contribution in [-0.4, -0.2) is 39.4 Å². The minimum absolute atomic E-state index is 0. The number of amides is 1. The van der Waals surface area contributed by atoms with Crippen LogP contribution >= 0.6 is 24.0 Å². The number of ether oxygens (including phenoxy) is 2. The maximum absolute atomic E-state index is 11.4. The second kappa shape index (κ2) is 10.3. The van der Waals surface area contributed by atoms with Crippen molar-refractivity contribution in [3.8, 4) is 0 Å². The lowest BCUT2D eigenvalue weighted by atomic mass is 10.3. The van der Waals surface area contributed by atoms with Gasteiger partial charge in [0.2, 0.25) is 0 Å². The van der Waals surface area contributed by atoms with E-state index in [1.807, 2.05) is 0 Å². The third kappa shape index (κ3) is 7.14. The van der Waals surface area contributed by atoms with Gasteiger partial charge in [-0.05, 0) is 18.2 Å². The number of hydrogen-bond donors (Lipinski definition) is 3. The fourth-order valence-corrected chi connectivity index (χ4v) is 1.25. The maximum atomic E-state index is 11.4. The quantitative estimate of drug-likeness (QED) is 0.307. The monoisotopic (exact) mass is 394 g/mol. The van der Waals surface area contributed by atoms with Crippen molar-refractivity contribution >= 4 is 47.4 Å². The van der Waals surface area contributed by atoms with Crippen LogP contribution in [0.15, 0.2) is 29.3 Å². The van der Waals surface area contributed by atoms with E-state index in [2.05, 4.69) is 15.6 Å². The van der Waals surface area contributed by atoms with Gasteiger partial charge < -0.3 is 20.5 Å². The number of carbonyl (C=O) groups is 1. The van der Waals surface area contributed by atoms with Crippen molar-refractivity contribution in [2.24, 2.45) is 10.7 Å². The lowest BCUT2D eigenvalue weighted by molar-refractivity contribution is 0.107. The Kier molecular flexibility index (Phi) is 9.47. The second-order valence-corrected chi connectivity index (χ2v) is 3.57. The van der Waals surface area contributed by atoms with Crippen molar-refractivity contribution in [1.29, 1.82) is 0 Å². The molecule has 0 aliphatic carbocycles. The predicted molar refractivity (Wildman–Crippen MR) is 89.9 cm³/mol. The van der Waals surface area contributed by atoms with Crippen LogP contribution in [0.4, 0.5) is 16.2 Å². The minimum atomic E-state index is -0.536. The molecule has 0 aromatic heterocycles. The number of benzene rings is 1. The highest BCUT2D eigenvalue weighted by Gasteiger charge is 2.03. The molecular formula is C12H19IN4O3. The summed E-state index contributed by atoms with van der Waals surface area (Å²) in [7, 11) is 3.12. The summed E-state index contributed by atoms with van der Waals surface area (Å²) in [5.41, 5.74) is 6.86. The third-order valence-corrected chi connectivity index (χ3v) is 2.14. The van der Waals surface area contributed by atoms with Gasteiger partial charge in [0.15, 0.2) is 5.96 Å². The lowest BCUT2D eigenvalue weighted by Crippen LogP contribution is -2.22. The van der Waals surface area contributed by atoms with Gasteiger partial charge in [0.25, 0.3) is 0 Å². The molecule has 0 fully saturated rings. The Labute approximate surface area is 134 Å². The molecule has 0 unspecified atom stereocenters. The first kappa shape index (κ1) is 18.4. The summed E-state index contributed by atoms with van der Waals surface area (Å²) in [5, 5.41) is 5.47. The average molecular weight is 394 g/mol. The number of guanidine groups is 1. The summed E-state index contributed by atoms with van der Waals surface area (Å²) < 4.78 is 9.66. The largest absolute Gasteiger partial charge is 0.447 e. The van der Waals surface area contributed by atoms with Crippen molar-refractivity contribution in [3.63, 3.8) is 0 Å². The molecule has 0 aliphatic heterocycles. The van der Waals surface area contributed by atoms with E-state index in [1.165, 1.54) is 7.11 Å². The zero-order valence-electron chi connectivity index (χ0n) is 11.4. The molecule has 0 saturated heterocycles. The van der Waals surface area contributed by atoms with E-state index < -0.39 is 6.09 Å². The number of methoxy groups -OCH3 is 1. The highest BCUT2D eigenvalue weighted by molar-refractivity contribution is 14.0. The molecule has 4 N–H and O–H groups in total. The summed E-state index contributed by atoms with van der Waals surface area (Å²) in [6, 6.07) is 7.03. The van der Waals surface area contributed by atoms with Gasteiger partial charge in [0, 0.05) is 25.5 Å². The molecule has 0 saturated carbocycles. The topological polar surface area (TPSA) is 98.0 Å². The molecule has 0 spiro atoms. The Morgan fingerprint density at radius 1 is 1.30 bits per heavy atom. The number of nitrogens with zero attached hydrogens (tertiary/aromatic N) is 1. The molecule has 0 bridgehead atoms. The van der Waals surface area contributed by atoms with Gasteiger partial charge in [-0.3, -0.25) is 10.3 Å². The first-order chi connectivity index (χ1) is 9.15. The van der Waals surface area contributed by atoms with Crippen LogP contribution in [0.3, 0.4) is 0 Å². The van der Waals surface area contributed by atoms with E-state index >= 15 is 0 Å². The Hall–Kier alpha value is -1.55. The average Bonchev–Trinajstić information content (AvgIpc) is 2.39. The second-order valence-electron chi connectivity index (χ2n) is 3.57. The smallest absolute Gasteiger partial charge is 0.411 e. The molecule has 1 aromatic rings. The molecule has 0 radical (unpaired) electrons. The van der Waals surface area contributed by atoms with E-state index in [4.69, 9.17) is 15.2 Å². The third-order valence-electron chi connectivity index (χ3n) is 2.14. The molecule has 0 aliphatic rings. The summed E-state index contributed by atoms with van der Waals surface area (Å²) in [6.45, 7) is 0.564. The first-order valence-electron chi connectivity index (χ1n) is 5.67. The summed E-state index contributed by atoms with van der Waals surface area (Å²) in [4.78, 5) is 15.2. The van der Waals surface area contributed by atoms with E-state index in [9.17, 15) is 4.79 Å². The van der Waals surface area contributed by atoms with Crippen LogP contribution in [0, 0.1) is 0 Å². The highest BCUT2D eigenvalue weighted by atomic mass is 127. The summed E-state index contributed by atoms with van der Waals surface area (Å²) in [5.74, 6) is 0.292. The Bertz CT molecular complexity index is 454. The predicted octanol–water partition coefficient (Wildman–Crippen LogP) is 1.86. The molecule has 1 rings (SSSR count). The van der Waals surface area contributed by atoms with Gasteiger partial charge in [0.05, 0.1) is 6.61 Å². The SMILES string of the molecule is CN=C(N)Nc1cccc(NC(=O)OCCOC)c1.I. The molecule has 20 heavy (non-hydrogen) atoms. The molecule has 0 atom stereocenters. The summed E-state index contributed by atoms with van der Waals surface area (Å²) >= 11 is 0. The molecule has 7 nitrogen and oxygen atoms in total. The maximum Gasteiger partial charge on any atom is 0.411 e. The number of nitrogens with two attached hydrogens (primary N) is 1. The number of carbonyl (C=O) groups excluding carboxylic acids is 1. The standard InChI is InChI=1S/C12H18N4O3.HI/c1-14-11(13)15-9-4-3-5-10(8-9)16-12(17)19-7-6-18-2;/h3-5,8H,6-7H2,1-2H3,(H,16,17)(H3,13,14,15);1H. The van der Waals surface area contributed by atoms with Crippen LogP contribution in [0.2, 0.25) is 0 Å². The zero-order chi connectivity index (χ0) is 14.1. The minimum Gasteiger partial charge on any atom is -0.447 e. The fourth-order valence-electron chi connectivity index (χ4n) is 1.25. The van der Waals surface area contributed by atoms with Crippen molar-refractivity contribution in [2.45, 2.75) is 0 Å². The van der Waals surface area contributed by atoms with Crippen LogP contribution in [-0.2, 0) is 9.47 Å². The lowest BCUT2D eigenvalue weighted by Gasteiger charge is -2.09. The van der Waals surface area contributed by atoms with Crippen molar-refractivity contribution < 1.29 is 14.3 Å². The molecule has 112 valence electrons. The van der Waals surface area contributed by atoms with E-state index in [0.717, 1.165) is 5.69 Å². The van der Waals surface area contributed by atoms with Crippen LogP contribution in [0.1, 0.15) is 0 Å². The van der Waals surface area contributed by atoms with Crippen molar-refractivity contribution in [1.82, 2.24) is 0 Å². The van der Waals surface area contributed by atoms with Gasteiger partial charge in [-0.15, -0.1) is 24.0 Å². The van der Waals surface area contributed by atoms with Crippen molar-refractivity contribution in [2.75, 3.05) is 38.0 Å². The molecule has 0 heterocycles. The number of anilines is 2. The van der Waals surface area contributed by atoms with E-state index in [0.29, 0.717) is 18.3 Å². The van der Waals surface area contributed by atoms with Crippen LogP contribution in [0.25, 0.3) is 0 Å². The number of hydrogen-bond acceptors (Lipinski definition) is 4. The molecule has 8 heteroatoms. The van der Waals surface area contributed by atoms with E-state index in [1.54, 1.807) is 31.3 Å². The van der Waals surface area contributed by atoms with Gasteiger partial charge in [-0.2, -0.15) is 0 Å². The molecular weight excluding hydrogens is 375 g/mol. The number of nitrogens with one attached hydrogen (secondary N) is 2. The first-order valence-corrected chi connectivity index (χ1v) is 5.67. The number of aliphatic imine (C=N–C) groups is 1. The molecule has 1 amide bonds. The Morgan fingerprint density at radius 2 is 1.95 bits per heavy atom. The van der Waals surface area contributed by atoms with Crippen LogP contribution < -0.4 is 16.4 Å². The number of halogens is 1. The highest BCUT2D eigenvalue weighted by Crippen LogP contribution is 2.14. The zero-order valence-corrected chi connectivity index (χ0v) is 13.7. The van der Waals surface area contributed by atoms with Gasteiger partial charge in [-0.25, -0.2) is 4.79 Å². The van der Waals surface area contributed by atoms with Gasteiger partial charge in [0.1, 0.15) is 6.61 Å². The van der Waals surface area contributed by atoms with E-state index in [-0.39, 0.29) is 30.6 Å². The fraction of sp³-hybridized carbons (Fsp3) is 0.333. The summed E-state index contributed by atoms with van der Waals surface area (Å²) in [6.07, 6.45) is -0.536. The van der Waals surface area contributed by atoms with Crippen molar-refractivity contribution in [3.05, 3.63) is 24.3 Å². The van der Waals surface area contributed by atoms with Gasteiger partial charge in [-0.1, -0.05) is 6.07 Å². The number of rotatable bonds is 5. The Morgan fingerprint density at radius 3 is 2.55 bits per heavy atom. The van der Waals surface area contributed by atoms with Gasteiger partial charge >= 0.3 is 6.09 Å². The molecule has 1 aromatic carbocycles. The Balaban J connectivity index is 0.00000361.